The average Bonchev–Trinajstić information content (AvgIpc) is 1.02. The smallest absolute Gasteiger partial charge is 0.342 e. The number of allylic oxidation sites excluding steroid dienone is 12. The zero-order chi connectivity index (χ0) is 91.5. The summed E-state index contributed by atoms with van der Waals surface area (Å²) < 4.78 is 21.1. The number of carbonyl (C=O) groups excluding carboxylic acids is 8. The van der Waals surface area contributed by atoms with E-state index in [2.05, 4.69) is 20.6 Å². The normalized spacial score (nSPS) is 20.6. The van der Waals surface area contributed by atoms with Gasteiger partial charge in [-0.3, -0.25) is 19.2 Å². The molecular weight excluding hydrogens is 1740 g/mol. The van der Waals surface area contributed by atoms with E-state index in [0.29, 0.717) is 106 Å². The van der Waals surface area contributed by atoms with Crippen LogP contribution < -0.4 is 0 Å². The quantitative estimate of drug-likeness (QED) is 0.0283. The Bertz CT molecular complexity index is 4920. The van der Waals surface area contributed by atoms with Gasteiger partial charge in [0.15, 0.2) is 26.4 Å². The molecule has 12 rings (SSSR count). The van der Waals surface area contributed by atoms with Gasteiger partial charge in [0.2, 0.25) is 0 Å². The number of hydrogen-bond acceptors (Lipinski definition) is 29. The van der Waals surface area contributed by atoms with Crippen LogP contribution in [0.25, 0.3) is 0 Å². The second-order valence-corrected chi connectivity index (χ2v) is 31.5. The molecule has 128 heavy (non-hydrogen) atoms. The summed E-state index contributed by atoms with van der Waals surface area (Å²) in [6, 6.07) is 5.47. The molecule has 1 saturated heterocycles. The van der Waals surface area contributed by atoms with Crippen LogP contribution in [0.2, 0.25) is 15.1 Å². The number of nitrogens with zero attached hydrogens (tertiary/aromatic N) is 8. The second kappa shape index (κ2) is 53.0. The van der Waals surface area contributed by atoms with Crippen molar-refractivity contribution in [1.82, 2.24) is 19.6 Å². The first kappa shape index (κ1) is 99.1. The summed E-state index contributed by atoms with van der Waals surface area (Å²) in [4.78, 5) is 127. The van der Waals surface area contributed by atoms with Gasteiger partial charge in [-0.1, -0.05) is 165 Å². The highest BCUT2D eigenvalue weighted by molar-refractivity contribution is 7.99. The molecule has 8 aliphatic heterocycles. The van der Waals surface area contributed by atoms with Crippen LogP contribution in [0.5, 0.6) is 46.0 Å². The van der Waals surface area contributed by atoms with Gasteiger partial charge in [0.1, 0.15) is 68.2 Å². The van der Waals surface area contributed by atoms with E-state index in [1.54, 1.807) is 55.7 Å². The maximum Gasteiger partial charge on any atom is 0.342 e. The summed E-state index contributed by atoms with van der Waals surface area (Å²) >= 11 is 20.6. The monoisotopic (exact) mass is 1840 g/mol. The van der Waals surface area contributed by atoms with Crippen LogP contribution in [0.3, 0.4) is 0 Å². The molecule has 8 heterocycles. The Morgan fingerprint density at radius 1 is 0.320 bits per heavy atom. The molecule has 4 amide bonds. The SMILES string of the molecule is O=C1OCC/C=C/CC/C=C/C(=N/OCC(=O)N2CC=CC2)Cc2c(Cl)c(O)cc(O)c21.O=C1OCC/C=C/CC/C=C/C(=N/OCC(=O)N2CC=CC2)Cc2cc(O)cc(O)c21.O=C1OCC/C=C/CC/C=C/C(=N\OCC(=O)N2CC=CC2)Cc2c(Cl)c(O)cc(O)c21.O=C1OCC/C=C/CC/C=C/C(=N\OCC(=O)N2CCSCC2)Cc2c(Cl)c(O)cc(O)c21. The number of cyclic esters (lactones) is 4. The molecule has 0 radical (unpaired) electrons. The van der Waals surface area contributed by atoms with Gasteiger partial charge >= 0.3 is 23.9 Å². The van der Waals surface area contributed by atoms with Gasteiger partial charge in [-0.15, -0.1) is 0 Å². The molecule has 8 N–H and O–H groups in total. The second-order valence-electron chi connectivity index (χ2n) is 29.2. The number of aromatic hydroxyl groups is 8. The predicted molar refractivity (Wildman–Crippen MR) is 483 cm³/mol. The van der Waals surface area contributed by atoms with E-state index in [1.165, 1.54) is 6.07 Å². The molecular formula is C92H103Cl3N8O24S. The highest BCUT2D eigenvalue weighted by Crippen LogP contribution is 2.41. The standard InChI is InChI=1S/C23H27ClN2O6S.2C23H25ClN2O6.C23H26N2O6/c24-22-17-13-16(25-32-15-20(29)26-8-11-33-12-9-26)7-5-3-1-2-4-6-10-31-23(30)21(17)18(27)14-19(22)28;2*24-22-17-13-16(25-32-15-20(29)26-10-6-7-11-26)9-5-3-1-2-4-8-12-31-23(30)21(17)18(27)14-19(22)28;26-19-14-17-13-18(24-31-16-21(28)25-10-6-7-11-25)9-5-3-1-2-4-8-12-30-23(29)22(17)20(27)15-19/h2,4-5,7,14,27-28H,1,3,6,8-13,15H2;2*2,4-7,9,14,27-28H,1,3,8,10-13,15H2;2,4-7,9,14-15,26-27H,1,3,8,10-13,16H2/b4-2+,7-5+,25-16+;4-2+,9-5+,25-16+;4-2+,9-5+,25-16-;4-2+,9-5+,24-18-. The van der Waals surface area contributed by atoms with Crippen molar-refractivity contribution in [3.63, 3.8) is 0 Å². The molecule has 0 aliphatic carbocycles. The maximum atomic E-state index is 12.7. The number of thioether (sulfide) groups is 1. The third-order valence-electron chi connectivity index (χ3n) is 19.7. The van der Waals surface area contributed by atoms with E-state index in [-0.39, 0.29) is 185 Å². The lowest BCUT2D eigenvalue weighted by molar-refractivity contribution is -0.136. The van der Waals surface area contributed by atoms with Crippen molar-refractivity contribution in [2.24, 2.45) is 20.6 Å². The van der Waals surface area contributed by atoms with Crippen molar-refractivity contribution in [2.45, 2.75) is 103 Å². The molecule has 0 bridgehead atoms. The number of hydrogen-bond donors (Lipinski definition) is 8. The lowest BCUT2D eigenvalue weighted by atomic mass is 9.99. The fourth-order valence-electron chi connectivity index (χ4n) is 13.2. The number of phenols is 8. The fourth-order valence-corrected chi connectivity index (χ4v) is 14.7. The summed E-state index contributed by atoms with van der Waals surface area (Å²) in [6.45, 7) is 4.33. The molecule has 1 fully saturated rings. The molecule has 0 aromatic heterocycles. The van der Waals surface area contributed by atoms with Crippen LogP contribution in [0.4, 0.5) is 0 Å². The summed E-state index contributed by atoms with van der Waals surface area (Å²) in [6.07, 6.45) is 49.9. The van der Waals surface area contributed by atoms with Gasteiger partial charge in [0.25, 0.3) is 23.6 Å². The van der Waals surface area contributed by atoms with E-state index < -0.39 is 41.1 Å². The molecule has 0 saturated carbocycles. The molecule has 0 atom stereocenters. The first-order valence-corrected chi connectivity index (χ1v) is 43.8. The first-order valence-electron chi connectivity index (χ1n) is 41.5. The fraction of sp³-hybridized carbons (Fsp3) is 0.370. The first-order chi connectivity index (χ1) is 61.9. The van der Waals surface area contributed by atoms with Gasteiger partial charge in [-0.05, 0) is 130 Å². The Hall–Kier alpha value is -12.7. The number of ether oxygens (including phenoxy) is 4. The Balaban J connectivity index is 0.000000193. The van der Waals surface area contributed by atoms with Gasteiger partial charge in [0.05, 0.1) is 64.3 Å². The number of fused-ring (bicyclic) bond motifs is 4. The van der Waals surface area contributed by atoms with E-state index >= 15 is 0 Å². The minimum Gasteiger partial charge on any atom is -0.508 e. The van der Waals surface area contributed by atoms with Gasteiger partial charge < -0.3 is 98.7 Å². The molecule has 0 unspecified atom stereocenters. The summed E-state index contributed by atoms with van der Waals surface area (Å²) in [5, 5.41) is 97.4. The zero-order valence-corrected chi connectivity index (χ0v) is 73.4. The largest absolute Gasteiger partial charge is 0.508 e. The molecule has 682 valence electrons. The van der Waals surface area contributed by atoms with Gasteiger partial charge in [0, 0.05) is 114 Å². The highest BCUT2D eigenvalue weighted by atomic mass is 35.5. The van der Waals surface area contributed by atoms with Gasteiger partial charge in [-0.2, -0.15) is 11.8 Å². The predicted octanol–water partition coefficient (Wildman–Crippen LogP) is 13.6. The zero-order valence-electron chi connectivity index (χ0n) is 70.4. The van der Waals surface area contributed by atoms with Crippen LogP contribution in [0, 0.1) is 0 Å². The number of rotatable bonds is 12. The Kier molecular flexibility index (Phi) is 41.0. The Morgan fingerprint density at radius 3 is 0.883 bits per heavy atom. The third kappa shape index (κ3) is 31.7. The number of phenolic OH excluding ortho intramolecular Hbond substituents is 8. The minimum atomic E-state index is -0.759. The number of benzene rings is 4. The Labute approximate surface area is 759 Å². The molecule has 4 aromatic carbocycles. The summed E-state index contributed by atoms with van der Waals surface area (Å²) in [7, 11) is 0. The highest BCUT2D eigenvalue weighted by Gasteiger charge is 2.30. The van der Waals surface area contributed by atoms with Crippen molar-refractivity contribution in [2.75, 3.05) is 117 Å². The van der Waals surface area contributed by atoms with Crippen LogP contribution in [0.1, 0.15) is 141 Å². The lowest BCUT2D eigenvalue weighted by Gasteiger charge is -2.25. The molecule has 32 nitrogen and oxygen atoms in total. The average molecular weight is 1840 g/mol. The Morgan fingerprint density at radius 2 is 0.578 bits per heavy atom. The topological polar surface area (TPSA) is 435 Å². The number of esters is 4. The van der Waals surface area contributed by atoms with Crippen molar-refractivity contribution in [3.8, 4) is 46.0 Å². The summed E-state index contributed by atoms with van der Waals surface area (Å²) in [5.41, 5.74) is 1.90. The summed E-state index contributed by atoms with van der Waals surface area (Å²) in [5.74, 6) is -4.90. The van der Waals surface area contributed by atoms with E-state index in [9.17, 15) is 79.2 Å². The molecule has 8 aliphatic rings. The van der Waals surface area contributed by atoms with Crippen LogP contribution in [-0.2, 0) is 83.2 Å². The number of amides is 4. The molecule has 0 spiro atoms. The van der Waals surface area contributed by atoms with Crippen LogP contribution in [-0.4, -0.2) is 248 Å². The van der Waals surface area contributed by atoms with E-state index in [1.807, 2.05) is 109 Å². The lowest BCUT2D eigenvalue weighted by Crippen LogP contribution is -2.39. The van der Waals surface area contributed by atoms with Crippen molar-refractivity contribution in [3.05, 3.63) is 224 Å². The van der Waals surface area contributed by atoms with Crippen LogP contribution >= 0.6 is 46.6 Å². The number of oxime groups is 4. The molecule has 36 heteroatoms. The number of carbonyl (C=O) groups is 8. The van der Waals surface area contributed by atoms with E-state index in [4.69, 9.17) is 73.1 Å². The third-order valence-corrected chi connectivity index (χ3v) is 22.0. The maximum absolute atomic E-state index is 12.7. The van der Waals surface area contributed by atoms with Crippen molar-refractivity contribution in [1.29, 1.82) is 0 Å². The van der Waals surface area contributed by atoms with Crippen molar-refractivity contribution >= 4 is 117 Å². The number of halogens is 3. The molecule has 4 aromatic rings. The van der Waals surface area contributed by atoms with Gasteiger partial charge in [-0.25, -0.2) is 19.2 Å². The van der Waals surface area contributed by atoms with Crippen molar-refractivity contribution < 1.29 is 118 Å². The minimum absolute atomic E-state index is 0.0217. The van der Waals surface area contributed by atoms with E-state index in [0.717, 1.165) is 87.1 Å². The van der Waals surface area contributed by atoms with Crippen LogP contribution in [0.15, 0.2) is 185 Å².